The normalized spacial score (nSPS) is 9.91. The van der Waals surface area contributed by atoms with Gasteiger partial charge in [-0.1, -0.05) is 30.3 Å². The van der Waals surface area contributed by atoms with Gasteiger partial charge in [0.1, 0.15) is 12.4 Å². The van der Waals surface area contributed by atoms with E-state index in [2.05, 4.69) is 10.6 Å². The van der Waals surface area contributed by atoms with Gasteiger partial charge in [-0.15, -0.1) is 0 Å². The third kappa shape index (κ3) is 4.09. The second-order valence-electron chi connectivity index (χ2n) is 4.75. The first-order chi connectivity index (χ1) is 10.6. The van der Waals surface area contributed by atoms with Gasteiger partial charge >= 0.3 is 0 Å². The highest BCUT2D eigenvalue weighted by Crippen LogP contribution is 2.27. The Labute approximate surface area is 129 Å². The summed E-state index contributed by atoms with van der Waals surface area (Å²) in [5.74, 6) is 0.0522. The largest absolute Gasteiger partial charge is 0.487 e. The Morgan fingerprint density at radius 3 is 2.45 bits per heavy atom. The molecule has 0 unspecified atom stereocenters. The fraction of sp³-hybridized carbons (Fsp3) is 0.176. The van der Waals surface area contributed by atoms with Crippen molar-refractivity contribution in [3.05, 3.63) is 59.7 Å². The molecule has 0 aliphatic carbocycles. The number of anilines is 1. The van der Waals surface area contributed by atoms with Gasteiger partial charge in [0.15, 0.2) is 0 Å². The van der Waals surface area contributed by atoms with Crippen LogP contribution in [0.1, 0.15) is 22.8 Å². The van der Waals surface area contributed by atoms with Gasteiger partial charge in [0.05, 0.1) is 5.69 Å². The molecule has 22 heavy (non-hydrogen) atoms. The van der Waals surface area contributed by atoms with Gasteiger partial charge in [-0.2, -0.15) is 0 Å². The summed E-state index contributed by atoms with van der Waals surface area (Å²) >= 11 is 0. The van der Waals surface area contributed by atoms with E-state index in [0.717, 1.165) is 5.56 Å². The van der Waals surface area contributed by atoms with Crippen molar-refractivity contribution in [3.63, 3.8) is 0 Å². The molecule has 0 saturated carbocycles. The maximum absolute atomic E-state index is 11.7. The molecule has 5 nitrogen and oxygen atoms in total. The summed E-state index contributed by atoms with van der Waals surface area (Å²) in [5.41, 5.74) is 2.01. The third-order valence-corrected chi connectivity index (χ3v) is 3.02. The SMILES string of the molecule is CNC(=O)c1ccc(NC(C)=O)c(OCc2ccccc2)c1. The quantitative estimate of drug-likeness (QED) is 0.891. The summed E-state index contributed by atoms with van der Waals surface area (Å²) in [6.45, 7) is 1.78. The second-order valence-corrected chi connectivity index (χ2v) is 4.75. The number of ether oxygens (including phenoxy) is 1. The minimum Gasteiger partial charge on any atom is -0.487 e. The van der Waals surface area contributed by atoms with Crippen molar-refractivity contribution in [1.29, 1.82) is 0 Å². The molecule has 2 aromatic rings. The van der Waals surface area contributed by atoms with Crippen molar-refractivity contribution in [1.82, 2.24) is 5.32 Å². The molecule has 2 rings (SSSR count). The van der Waals surface area contributed by atoms with Crippen LogP contribution in [0.5, 0.6) is 5.75 Å². The lowest BCUT2D eigenvalue weighted by Crippen LogP contribution is -2.18. The predicted octanol–water partition coefficient (Wildman–Crippen LogP) is 2.58. The van der Waals surface area contributed by atoms with Gasteiger partial charge < -0.3 is 15.4 Å². The molecule has 0 bridgehead atoms. The van der Waals surface area contributed by atoms with Crippen LogP contribution in [0.4, 0.5) is 5.69 Å². The van der Waals surface area contributed by atoms with Crippen LogP contribution in [0, 0.1) is 0 Å². The van der Waals surface area contributed by atoms with Crippen LogP contribution in [0.25, 0.3) is 0 Å². The lowest BCUT2D eigenvalue weighted by atomic mass is 10.1. The van der Waals surface area contributed by atoms with E-state index in [0.29, 0.717) is 23.6 Å². The molecule has 5 heteroatoms. The molecule has 2 aromatic carbocycles. The maximum atomic E-state index is 11.7. The Bertz CT molecular complexity index is 669. The van der Waals surface area contributed by atoms with Gasteiger partial charge in [-0.25, -0.2) is 0 Å². The number of amides is 2. The first-order valence-electron chi connectivity index (χ1n) is 6.90. The van der Waals surface area contributed by atoms with E-state index in [1.54, 1.807) is 25.2 Å². The highest BCUT2D eigenvalue weighted by molar-refractivity contribution is 5.96. The van der Waals surface area contributed by atoms with Crippen LogP contribution >= 0.6 is 0 Å². The third-order valence-electron chi connectivity index (χ3n) is 3.02. The van der Waals surface area contributed by atoms with E-state index in [9.17, 15) is 9.59 Å². The molecule has 0 aliphatic heterocycles. The fourth-order valence-electron chi connectivity index (χ4n) is 1.96. The van der Waals surface area contributed by atoms with Gasteiger partial charge in [0, 0.05) is 19.5 Å². The molecular formula is C17H18N2O3. The van der Waals surface area contributed by atoms with Crippen molar-refractivity contribution in [2.24, 2.45) is 0 Å². The smallest absolute Gasteiger partial charge is 0.251 e. The average Bonchev–Trinajstić information content (AvgIpc) is 2.53. The summed E-state index contributed by atoms with van der Waals surface area (Å²) < 4.78 is 5.76. The zero-order valence-electron chi connectivity index (χ0n) is 12.6. The average molecular weight is 298 g/mol. The van der Waals surface area contributed by atoms with Crippen molar-refractivity contribution < 1.29 is 14.3 Å². The van der Waals surface area contributed by atoms with Crippen molar-refractivity contribution in [2.75, 3.05) is 12.4 Å². The molecule has 0 radical (unpaired) electrons. The molecule has 2 amide bonds. The molecule has 0 fully saturated rings. The highest BCUT2D eigenvalue weighted by atomic mass is 16.5. The number of carbonyl (C=O) groups is 2. The van der Waals surface area contributed by atoms with Crippen LogP contribution in [0.2, 0.25) is 0 Å². The topological polar surface area (TPSA) is 67.4 Å². The summed E-state index contributed by atoms with van der Waals surface area (Å²) in [6.07, 6.45) is 0. The first kappa shape index (κ1) is 15.6. The maximum Gasteiger partial charge on any atom is 0.251 e. The van der Waals surface area contributed by atoms with Crippen LogP contribution in [0.3, 0.4) is 0 Å². The molecule has 2 N–H and O–H groups in total. The molecule has 0 spiro atoms. The monoisotopic (exact) mass is 298 g/mol. The number of rotatable bonds is 5. The second kappa shape index (κ2) is 7.26. The Hall–Kier alpha value is -2.82. The summed E-state index contributed by atoms with van der Waals surface area (Å²) in [4.78, 5) is 23.0. The van der Waals surface area contributed by atoms with Crippen LogP contribution in [-0.4, -0.2) is 18.9 Å². The molecule has 0 aliphatic rings. The molecule has 0 saturated heterocycles. The number of hydrogen-bond donors (Lipinski definition) is 2. The highest BCUT2D eigenvalue weighted by Gasteiger charge is 2.11. The van der Waals surface area contributed by atoms with Crippen molar-refractivity contribution in [2.45, 2.75) is 13.5 Å². The van der Waals surface area contributed by atoms with E-state index in [-0.39, 0.29) is 11.8 Å². The van der Waals surface area contributed by atoms with Gasteiger partial charge in [-0.05, 0) is 23.8 Å². The van der Waals surface area contributed by atoms with Crippen LogP contribution in [-0.2, 0) is 11.4 Å². The Morgan fingerprint density at radius 1 is 1.09 bits per heavy atom. The van der Waals surface area contributed by atoms with E-state index >= 15 is 0 Å². The zero-order chi connectivity index (χ0) is 15.9. The number of benzene rings is 2. The Morgan fingerprint density at radius 2 is 1.82 bits per heavy atom. The summed E-state index contributed by atoms with van der Waals surface area (Å²) in [6, 6.07) is 14.6. The first-order valence-corrected chi connectivity index (χ1v) is 6.90. The van der Waals surface area contributed by atoms with Crippen LogP contribution in [0.15, 0.2) is 48.5 Å². The number of carbonyl (C=O) groups excluding carboxylic acids is 2. The van der Waals surface area contributed by atoms with Gasteiger partial charge in [0.25, 0.3) is 5.91 Å². The van der Waals surface area contributed by atoms with E-state index in [1.807, 2.05) is 30.3 Å². The van der Waals surface area contributed by atoms with Crippen LogP contribution < -0.4 is 15.4 Å². The fourth-order valence-corrected chi connectivity index (χ4v) is 1.96. The van der Waals surface area contributed by atoms with Gasteiger partial charge in [-0.3, -0.25) is 9.59 Å². The predicted molar refractivity (Wildman–Crippen MR) is 84.9 cm³/mol. The van der Waals surface area contributed by atoms with E-state index in [1.165, 1.54) is 6.92 Å². The zero-order valence-corrected chi connectivity index (χ0v) is 12.6. The van der Waals surface area contributed by atoms with E-state index in [4.69, 9.17) is 4.74 Å². The lowest BCUT2D eigenvalue weighted by Gasteiger charge is -2.13. The Kier molecular flexibility index (Phi) is 5.14. The summed E-state index contributed by atoms with van der Waals surface area (Å²) in [7, 11) is 1.56. The minimum absolute atomic E-state index is 0.197. The van der Waals surface area contributed by atoms with Gasteiger partial charge in [0.2, 0.25) is 5.91 Å². The molecule has 0 heterocycles. The van der Waals surface area contributed by atoms with E-state index < -0.39 is 0 Å². The molecule has 0 atom stereocenters. The lowest BCUT2D eigenvalue weighted by molar-refractivity contribution is -0.114. The molecule has 114 valence electrons. The van der Waals surface area contributed by atoms with Crippen molar-refractivity contribution >= 4 is 17.5 Å². The summed E-state index contributed by atoms with van der Waals surface area (Å²) in [5, 5.41) is 5.26. The standard InChI is InChI=1S/C17H18N2O3/c1-12(20)19-15-9-8-14(17(21)18-2)10-16(15)22-11-13-6-4-3-5-7-13/h3-10H,11H2,1-2H3,(H,18,21)(H,19,20). The number of hydrogen-bond acceptors (Lipinski definition) is 3. The number of nitrogens with one attached hydrogen (secondary N) is 2. The Balaban J connectivity index is 2.24. The minimum atomic E-state index is -0.209. The van der Waals surface area contributed by atoms with Crippen molar-refractivity contribution in [3.8, 4) is 5.75 Å². The molecular weight excluding hydrogens is 280 g/mol. The molecule has 0 aromatic heterocycles.